The number of ether oxygens (including phenoxy) is 1. The van der Waals surface area contributed by atoms with Crippen LogP contribution in [0, 0.1) is 5.82 Å². The Labute approximate surface area is 144 Å². The predicted molar refractivity (Wildman–Crippen MR) is 89.3 cm³/mol. The Bertz CT molecular complexity index is 872. The number of esters is 1. The molecule has 0 saturated heterocycles. The van der Waals surface area contributed by atoms with Crippen LogP contribution >= 0.6 is 0 Å². The van der Waals surface area contributed by atoms with Gasteiger partial charge < -0.3 is 9.26 Å². The van der Waals surface area contributed by atoms with E-state index in [-0.39, 0.29) is 18.1 Å². The van der Waals surface area contributed by atoms with Crippen molar-refractivity contribution in [3.05, 3.63) is 71.4 Å². The predicted octanol–water partition coefficient (Wildman–Crippen LogP) is 4.36. The van der Waals surface area contributed by atoms with Crippen molar-refractivity contribution in [2.45, 2.75) is 26.4 Å². The van der Waals surface area contributed by atoms with Gasteiger partial charge in [-0.25, -0.2) is 9.18 Å². The molecule has 0 unspecified atom stereocenters. The maximum atomic E-state index is 13.1. The molecule has 5 nitrogen and oxygen atoms in total. The van der Waals surface area contributed by atoms with Crippen molar-refractivity contribution in [3.63, 3.8) is 0 Å². The minimum absolute atomic E-state index is 0.129. The fourth-order valence-corrected chi connectivity index (χ4v) is 2.27. The van der Waals surface area contributed by atoms with Crippen LogP contribution in [-0.2, 0) is 11.3 Å². The highest BCUT2D eigenvalue weighted by atomic mass is 19.1. The minimum Gasteiger partial charge on any atom is -0.452 e. The van der Waals surface area contributed by atoms with Crippen LogP contribution in [0.25, 0.3) is 11.4 Å². The molecule has 0 aliphatic heterocycles. The number of benzene rings is 2. The Hall–Kier alpha value is -3.02. The molecule has 0 saturated carbocycles. The van der Waals surface area contributed by atoms with Gasteiger partial charge in [-0.3, -0.25) is 0 Å². The average Bonchev–Trinajstić information content (AvgIpc) is 3.08. The Morgan fingerprint density at radius 3 is 2.64 bits per heavy atom. The third kappa shape index (κ3) is 4.09. The number of aromatic nitrogens is 2. The van der Waals surface area contributed by atoms with Crippen LogP contribution in [0.2, 0.25) is 0 Å². The van der Waals surface area contributed by atoms with E-state index in [2.05, 4.69) is 24.0 Å². The lowest BCUT2D eigenvalue weighted by atomic mass is 10.0. The van der Waals surface area contributed by atoms with Crippen LogP contribution in [-0.4, -0.2) is 16.1 Å². The summed E-state index contributed by atoms with van der Waals surface area (Å²) in [5.41, 5.74) is 2.16. The topological polar surface area (TPSA) is 65.2 Å². The molecule has 0 atom stereocenters. The molecule has 0 fully saturated rings. The highest BCUT2D eigenvalue weighted by Gasteiger charge is 2.13. The smallest absolute Gasteiger partial charge is 0.338 e. The zero-order valence-electron chi connectivity index (χ0n) is 13.9. The average molecular weight is 340 g/mol. The van der Waals surface area contributed by atoms with Crippen LogP contribution in [0.4, 0.5) is 4.39 Å². The molecule has 3 aromatic rings. The van der Waals surface area contributed by atoms with Gasteiger partial charge in [0.15, 0.2) is 6.61 Å². The molecular weight excluding hydrogens is 323 g/mol. The maximum Gasteiger partial charge on any atom is 0.338 e. The first-order valence-electron chi connectivity index (χ1n) is 7.88. The fraction of sp³-hybridized carbons (Fsp3) is 0.211. The summed E-state index contributed by atoms with van der Waals surface area (Å²) < 4.78 is 23.3. The van der Waals surface area contributed by atoms with Crippen molar-refractivity contribution >= 4 is 5.97 Å². The number of hydrogen-bond donors (Lipinski definition) is 0. The maximum absolute atomic E-state index is 13.1. The standard InChI is InChI=1S/C19H17FN2O3/c1-12(2)13-6-8-14(9-7-13)18-21-17(25-22-18)11-24-19(23)15-4-3-5-16(20)10-15/h3-10,12H,11H2,1-2H3. The molecule has 0 N–H and O–H groups in total. The molecule has 1 heterocycles. The summed E-state index contributed by atoms with van der Waals surface area (Å²) >= 11 is 0. The van der Waals surface area contributed by atoms with E-state index in [1.165, 1.54) is 23.8 Å². The van der Waals surface area contributed by atoms with Gasteiger partial charge in [-0.05, 0) is 29.7 Å². The molecule has 0 radical (unpaired) electrons. The zero-order valence-corrected chi connectivity index (χ0v) is 13.9. The summed E-state index contributed by atoms with van der Waals surface area (Å²) in [5, 5.41) is 3.89. The molecule has 0 aliphatic carbocycles. The Balaban J connectivity index is 1.64. The molecular formula is C19H17FN2O3. The zero-order chi connectivity index (χ0) is 17.8. The summed E-state index contributed by atoms with van der Waals surface area (Å²) in [6, 6.07) is 13.1. The van der Waals surface area contributed by atoms with E-state index in [4.69, 9.17) is 9.26 Å². The van der Waals surface area contributed by atoms with Gasteiger partial charge in [-0.2, -0.15) is 4.98 Å². The molecule has 0 aliphatic rings. The van der Waals surface area contributed by atoms with Crippen LogP contribution in [0.15, 0.2) is 53.1 Å². The number of rotatable bonds is 5. The highest BCUT2D eigenvalue weighted by molar-refractivity contribution is 5.89. The monoisotopic (exact) mass is 340 g/mol. The molecule has 0 amide bonds. The van der Waals surface area contributed by atoms with Crippen molar-refractivity contribution in [2.75, 3.05) is 0 Å². The van der Waals surface area contributed by atoms with Gasteiger partial charge in [0.1, 0.15) is 5.82 Å². The number of nitrogens with zero attached hydrogens (tertiary/aromatic N) is 2. The summed E-state index contributed by atoms with van der Waals surface area (Å²) in [4.78, 5) is 16.1. The van der Waals surface area contributed by atoms with E-state index in [0.717, 1.165) is 11.6 Å². The van der Waals surface area contributed by atoms with Gasteiger partial charge >= 0.3 is 5.97 Å². The molecule has 0 bridgehead atoms. The third-order valence-electron chi connectivity index (χ3n) is 3.69. The summed E-state index contributed by atoms with van der Waals surface area (Å²) in [6.45, 7) is 4.06. The van der Waals surface area contributed by atoms with Gasteiger partial charge in [0, 0.05) is 5.56 Å². The first kappa shape index (κ1) is 16.8. The molecule has 6 heteroatoms. The second-order valence-electron chi connectivity index (χ2n) is 5.87. The van der Waals surface area contributed by atoms with Crippen LogP contribution in [0.1, 0.15) is 41.6 Å². The van der Waals surface area contributed by atoms with Gasteiger partial charge in [0.25, 0.3) is 5.89 Å². The van der Waals surface area contributed by atoms with Crippen LogP contribution in [0.3, 0.4) is 0 Å². The first-order chi connectivity index (χ1) is 12.0. The molecule has 25 heavy (non-hydrogen) atoms. The fourth-order valence-electron chi connectivity index (χ4n) is 2.27. The SMILES string of the molecule is CC(C)c1ccc(-c2noc(COC(=O)c3cccc(F)c3)n2)cc1. The molecule has 1 aromatic heterocycles. The van der Waals surface area contributed by atoms with Crippen molar-refractivity contribution in [2.24, 2.45) is 0 Å². The van der Waals surface area contributed by atoms with Crippen molar-refractivity contribution in [3.8, 4) is 11.4 Å². The van der Waals surface area contributed by atoms with Gasteiger partial charge in [0.2, 0.25) is 5.82 Å². The highest BCUT2D eigenvalue weighted by Crippen LogP contribution is 2.20. The quantitative estimate of drug-likeness (QED) is 0.646. The normalized spacial score (nSPS) is 10.9. The third-order valence-corrected chi connectivity index (χ3v) is 3.69. The Morgan fingerprint density at radius 2 is 1.96 bits per heavy atom. The van der Waals surface area contributed by atoms with Crippen molar-refractivity contribution < 1.29 is 18.4 Å². The van der Waals surface area contributed by atoms with Crippen LogP contribution < -0.4 is 0 Å². The number of hydrogen-bond acceptors (Lipinski definition) is 5. The van der Waals surface area contributed by atoms with E-state index in [9.17, 15) is 9.18 Å². The van der Waals surface area contributed by atoms with Crippen LogP contribution in [0.5, 0.6) is 0 Å². The Kier molecular flexibility index (Phi) is 4.88. The summed E-state index contributed by atoms with van der Waals surface area (Å²) in [6.07, 6.45) is 0. The van der Waals surface area contributed by atoms with Gasteiger partial charge in [-0.15, -0.1) is 0 Å². The second kappa shape index (κ2) is 7.25. The van der Waals surface area contributed by atoms with E-state index in [0.29, 0.717) is 11.7 Å². The number of carbonyl (C=O) groups excluding carboxylic acids is 1. The van der Waals surface area contributed by atoms with Gasteiger partial charge in [0.05, 0.1) is 5.56 Å². The lowest BCUT2D eigenvalue weighted by Crippen LogP contribution is -2.05. The van der Waals surface area contributed by atoms with Gasteiger partial charge in [-0.1, -0.05) is 49.3 Å². The second-order valence-corrected chi connectivity index (χ2v) is 5.87. The molecule has 0 spiro atoms. The van der Waals surface area contributed by atoms with E-state index in [1.54, 1.807) is 0 Å². The van der Waals surface area contributed by atoms with Crippen molar-refractivity contribution in [1.82, 2.24) is 10.1 Å². The minimum atomic E-state index is -0.652. The van der Waals surface area contributed by atoms with E-state index in [1.807, 2.05) is 24.3 Å². The molecule has 128 valence electrons. The largest absolute Gasteiger partial charge is 0.452 e. The van der Waals surface area contributed by atoms with Crippen molar-refractivity contribution in [1.29, 1.82) is 0 Å². The number of carbonyl (C=O) groups is 1. The lowest BCUT2D eigenvalue weighted by molar-refractivity contribution is 0.0429. The Morgan fingerprint density at radius 1 is 1.20 bits per heavy atom. The van der Waals surface area contributed by atoms with E-state index < -0.39 is 11.8 Å². The number of halogens is 1. The summed E-state index contributed by atoms with van der Waals surface area (Å²) in [5.74, 6) is -0.114. The summed E-state index contributed by atoms with van der Waals surface area (Å²) in [7, 11) is 0. The first-order valence-corrected chi connectivity index (χ1v) is 7.88. The molecule has 3 rings (SSSR count). The molecule has 2 aromatic carbocycles. The van der Waals surface area contributed by atoms with E-state index >= 15 is 0 Å². The lowest BCUT2D eigenvalue weighted by Gasteiger charge is -2.04.